The van der Waals surface area contributed by atoms with Gasteiger partial charge in [0.2, 0.25) is 11.8 Å². The van der Waals surface area contributed by atoms with E-state index in [9.17, 15) is 4.79 Å². The fourth-order valence-corrected chi connectivity index (χ4v) is 3.32. The van der Waals surface area contributed by atoms with Crippen molar-refractivity contribution in [2.45, 2.75) is 57.9 Å². The van der Waals surface area contributed by atoms with Crippen molar-refractivity contribution in [3.63, 3.8) is 0 Å². The van der Waals surface area contributed by atoms with E-state index in [1.807, 2.05) is 24.4 Å². The second kappa shape index (κ2) is 9.60. The number of pyridine rings is 1. The third kappa shape index (κ3) is 5.85. The number of hydrogen-bond donors (Lipinski definition) is 1. The predicted molar refractivity (Wildman–Crippen MR) is 102 cm³/mol. The van der Waals surface area contributed by atoms with Gasteiger partial charge in [0.15, 0.2) is 5.82 Å². The van der Waals surface area contributed by atoms with Crippen LogP contribution in [0.2, 0.25) is 0 Å². The molecule has 1 unspecified atom stereocenters. The van der Waals surface area contributed by atoms with E-state index in [0.717, 1.165) is 50.4 Å². The zero-order chi connectivity index (χ0) is 19.1. The summed E-state index contributed by atoms with van der Waals surface area (Å²) in [5.74, 6) is 1.97. The molecule has 0 spiro atoms. The Bertz CT molecular complexity index is 716. The van der Waals surface area contributed by atoms with Crippen LogP contribution in [0.3, 0.4) is 0 Å². The standard InChI is InChI=1S/C20H29N5O2/c1-15(2)19-23-20(27-24-19)16-6-5-12-25(13-9-18(26)22-11-8-16)14-17-7-3-4-10-21-17/h3-4,7,10,15-16H,5-6,8-9,11-14H2,1-2H3,(H,22,26). The summed E-state index contributed by atoms with van der Waals surface area (Å²) < 4.78 is 5.52. The van der Waals surface area contributed by atoms with E-state index in [1.54, 1.807) is 0 Å². The number of nitrogens with one attached hydrogen (secondary N) is 1. The number of rotatable bonds is 4. The first-order valence-electron chi connectivity index (χ1n) is 9.84. The number of carbonyl (C=O) groups is 1. The Morgan fingerprint density at radius 2 is 2.19 bits per heavy atom. The first kappa shape index (κ1) is 19.5. The van der Waals surface area contributed by atoms with Crippen LogP contribution < -0.4 is 5.32 Å². The number of carbonyl (C=O) groups excluding carboxylic acids is 1. The number of nitrogens with zero attached hydrogens (tertiary/aromatic N) is 4. The summed E-state index contributed by atoms with van der Waals surface area (Å²) in [6.45, 7) is 7.18. The molecule has 0 aromatic carbocycles. The Balaban J connectivity index is 1.65. The number of amides is 1. The molecule has 0 radical (unpaired) electrons. The van der Waals surface area contributed by atoms with Gasteiger partial charge in [-0.1, -0.05) is 25.1 Å². The van der Waals surface area contributed by atoms with Gasteiger partial charge in [0, 0.05) is 44.1 Å². The minimum atomic E-state index is 0.0927. The van der Waals surface area contributed by atoms with Crippen LogP contribution in [0.5, 0.6) is 0 Å². The highest BCUT2D eigenvalue weighted by molar-refractivity contribution is 5.76. The second-order valence-electron chi connectivity index (χ2n) is 7.47. The van der Waals surface area contributed by atoms with Crippen LogP contribution in [-0.4, -0.2) is 45.6 Å². The molecule has 1 N–H and O–H groups in total. The molecule has 7 heteroatoms. The zero-order valence-electron chi connectivity index (χ0n) is 16.2. The molecule has 1 amide bonds. The van der Waals surface area contributed by atoms with Gasteiger partial charge in [0.25, 0.3) is 0 Å². The van der Waals surface area contributed by atoms with Gasteiger partial charge in [-0.05, 0) is 37.9 Å². The molecular formula is C20H29N5O2. The zero-order valence-corrected chi connectivity index (χ0v) is 16.2. The van der Waals surface area contributed by atoms with E-state index in [4.69, 9.17) is 4.52 Å². The smallest absolute Gasteiger partial charge is 0.229 e. The third-order valence-corrected chi connectivity index (χ3v) is 4.93. The Morgan fingerprint density at radius 3 is 2.93 bits per heavy atom. The summed E-state index contributed by atoms with van der Waals surface area (Å²) in [4.78, 5) is 23.4. The molecule has 7 nitrogen and oxygen atoms in total. The van der Waals surface area contributed by atoms with Crippen molar-refractivity contribution in [1.82, 2.24) is 25.3 Å². The molecule has 1 saturated heterocycles. The number of aromatic nitrogens is 3. The van der Waals surface area contributed by atoms with Crippen molar-refractivity contribution < 1.29 is 9.32 Å². The van der Waals surface area contributed by atoms with E-state index in [-0.39, 0.29) is 17.7 Å². The Morgan fingerprint density at radius 1 is 1.30 bits per heavy atom. The maximum atomic E-state index is 12.1. The highest BCUT2D eigenvalue weighted by Crippen LogP contribution is 2.25. The quantitative estimate of drug-likeness (QED) is 0.890. The fourth-order valence-electron chi connectivity index (χ4n) is 3.32. The fraction of sp³-hybridized carbons (Fsp3) is 0.600. The maximum absolute atomic E-state index is 12.1. The summed E-state index contributed by atoms with van der Waals surface area (Å²) in [6.07, 6.45) is 5.13. The van der Waals surface area contributed by atoms with Gasteiger partial charge in [-0.15, -0.1) is 0 Å². The molecule has 3 rings (SSSR count). The van der Waals surface area contributed by atoms with Crippen molar-refractivity contribution in [1.29, 1.82) is 0 Å². The van der Waals surface area contributed by atoms with Crippen molar-refractivity contribution in [3.8, 4) is 0 Å². The highest BCUT2D eigenvalue weighted by atomic mass is 16.5. The maximum Gasteiger partial charge on any atom is 0.229 e. The van der Waals surface area contributed by atoms with E-state index < -0.39 is 0 Å². The SMILES string of the molecule is CC(C)c1noc(C2CCCN(Cc3ccccn3)CCC(=O)NCC2)n1. The van der Waals surface area contributed by atoms with E-state index >= 15 is 0 Å². The van der Waals surface area contributed by atoms with Crippen LogP contribution in [0.1, 0.15) is 68.8 Å². The van der Waals surface area contributed by atoms with Crippen molar-refractivity contribution >= 4 is 5.91 Å². The molecule has 1 fully saturated rings. The molecule has 1 aliphatic heterocycles. The van der Waals surface area contributed by atoms with Gasteiger partial charge in [-0.2, -0.15) is 4.98 Å². The molecule has 2 aromatic heterocycles. The molecule has 1 aliphatic rings. The van der Waals surface area contributed by atoms with Crippen LogP contribution in [0.15, 0.2) is 28.9 Å². The lowest BCUT2D eigenvalue weighted by Crippen LogP contribution is -2.31. The molecule has 0 bridgehead atoms. The minimum absolute atomic E-state index is 0.0927. The van der Waals surface area contributed by atoms with Crippen LogP contribution in [0.25, 0.3) is 0 Å². The van der Waals surface area contributed by atoms with Gasteiger partial charge in [-0.25, -0.2) is 0 Å². The molecule has 146 valence electrons. The average Bonchev–Trinajstić information content (AvgIpc) is 3.14. The van der Waals surface area contributed by atoms with Gasteiger partial charge in [-0.3, -0.25) is 14.7 Å². The summed E-state index contributed by atoms with van der Waals surface area (Å²) in [5.41, 5.74) is 1.03. The summed E-state index contributed by atoms with van der Waals surface area (Å²) in [5, 5.41) is 7.12. The topological polar surface area (TPSA) is 84.2 Å². The van der Waals surface area contributed by atoms with Crippen LogP contribution >= 0.6 is 0 Å². The molecule has 27 heavy (non-hydrogen) atoms. The lowest BCUT2D eigenvalue weighted by molar-refractivity contribution is -0.121. The van der Waals surface area contributed by atoms with Gasteiger partial charge in [0.1, 0.15) is 0 Å². The Hall–Kier alpha value is -2.28. The van der Waals surface area contributed by atoms with E-state index in [2.05, 4.69) is 39.2 Å². The van der Waals surface area contributed by atoms with Gasteiger partial charge in [0.05, 0.1) is 5.69 Å². The third-order valence-electron chi connectivity index (χ3n) is 4.93. The Labute approximate surface area is 160 Å². The first-order valence-corrected chi connectivity index (χ1v) is 9.84. The lowest BCUT2D eigenvalue weighted by Gasteiger charge is -2.21. The second-order valence-corrected chi connectivity index (χ2v) is 7.47. The lowest BCUT2D eigenvalue weighted by atomic mass is 9.99. The van der Waals surface area contributed by atoms with Crippen molar-refractivity contribution in [2.75, 3.05) is 19.6 Å². The molecule has 0 saturated carbocycles. The number of hydrogen-bond acceptors (Lipinski definition) is 6. The monoisotopic (exact) mass is 371 g/mol. The Kier molecular flexibility index (Phi) is 6.92. The summed E-state index contributed by atoms with van der Waals surface area (Å²) in [7, 11) is 0. The first-order chi connectivity index (χ1) is 13.1. The van der Waals surface area contributed by atoms with Crippen molar-refractivity contribution in [3.05, 3.63) is 41.8 Å². The van der Waals surface area contributed by atoms with E-state index in [0.29, 0.717) is 18.9 Å². The van der Waals surface area contributed by atoms with E-state index in [1.165, 1.54) is 0 Å². The van der Waals surface area contributed by atoms with Crippen LogP contribution in [0.4, 0.5) is 0 Å². The highest BCUT2D eigenvalue weighted by Gasteiger charge is 2.21. The van der Waals surface area contributed by atoms with Crippen LogP contribution in [-0.2, 0) is 11.3 Å². The molecule has 3 heterocycles. The summed E-state index contributed by atoms with van der Waals surface area (Å²) in [6, 6.07) is 5.95. The minimum Gasteiger partial charge on any atom is -0.356 e. The normalized spacial score (nSPS) is 20.3. The molecular weight excluding hydrogens is 342 g/mol. The van der Waals surface area contributed by atoms with Crippen LogP contribution in [0, 0.1) is 0 Å². The molecule has 2 aromatic rings. The summed E-state index contributed by atoms with van der Waals surface area (Å²) >= 11 is 0. The average molecular weight is 371 g/mol. The molecule has 1 atom stereocenters. The van der Waals surface area contributed by atoms with Crippen molar-refractivity contribution in [2.24, 2.45) is 0 Å². The van der Waals surface area contributed by atoms with Gasteiger partial charge < -0.3 is 9.84 Å². The molecule has 0 aliphatic carbocycles. The van der Waals surface area contributed by atoms with Gasteiger partial charge >= 0.3 is 0 Å². The largest absolute Gasteiger partial charge is 0.356 e. The predicted octanol–water partition coefficient (Wildman–Crippen LogP) is 2.86.